The summed E-state index contributed by atoms with van der Waals surface area (Å²) in [4.78, 5) is 25.3. The number of rotatable bonds is 4. The van der Waals surface area contributed by atoms with Gasteiger partial charge in [-0.25, -0.2) is 9.97 Å². The number of carbonyl (C=O) groups is 1. The van der Waals surface area contributed by atoms with Crippen molar-refractivity contribution in [3.63, 3.8) is 0 Å². The monoisotopic (exact) mass is 359 g/mol. The summed E-state index contributed by atoms with van der Waals surface area (Å²) in [6.45, 7) is 3.75. The first-order chi connectivity index (χ1) is 13.1. The van der Waals surface area contributed by atoms with Crippen LogP contribution >= 0.6 is 0 Å². The van der Waals surface area contributed by atoms with Gasteiger partial charge in [-0.3, -0.25) is 10.1 Å². The summed E-state index contributed by atoms with van der Waals surface area (Å²) < 4.78 is 5.60. The van der Waals surface area contributed by atoms with E-state index in [9.17, 15) is 4.79 Å². The molecule has 0 bridgehead atoms. The summed E-state index contributed by atoms with van der Waals surface area (Å²) in [7, 11) is 0. The number of amides is 1. The molecule has 0 spiro atoms. The second-order valence-corrected chi connectivity index (χ2v) is 6.12. The van der Waals surface area contributed by atoms with Gasteiger partial charge in [0, 0.05) is 11.9 Å². The molecule has 7 nitrogen and oxygen atoms in total. The molecular weight excluding hydrogens is 342 g/mol. The second kappa shape index (κ2) is 6.87. The fourth-order valence-electron chi connectivity index (χ4n) is 2.61. The van der Waals surface area contributed by atoms with Crippen LogP contribution in [-0.4, -0.2) is 20.9 Å². The van der Waals surface area contributed by atoms with Crippen molar-refractivity contribution in [2.75, 3.05) is 10.6 Å². The lowest BCUT2D eigenvalue weighted by Gasteiger charge is -2.08. The smallest absolute Gasteiger partial charge is 0.302 e. The maximum absolute atomic E-state index is 12.5. The fourth-order valence-corrected chi connectivity index (χ4v) is 2.61. The van der Waals surface area contributed by atoms with Gasteiger partial charge in [0.2, 0.25) is 5.95 Å². The molecule has 0 saturated carbocycles. The normalized spacial score (nSPS) is 10.7. The van der Waals surface area contributed by atoms with Crippen molar-refractivity contribution in [3.05, 3.63) is 71.5 Å². The predicted molar refractivity (Wildman–Crippen MR) is 103 cm³/mol. The van der Waals surface area contributed by atoms with Gasteiger partial charge < -0.3 is 9.73 Å². The Hall–Kier alpha value is -3.74. The molecule has 2 heterocycles. The molecular formula is C20H17N5O2. The van der Waals surface area contributed by atoms with Crippen molar-refractivity contribution in [2.24, 2.45) is 0 Å². The third kappa shape index (κ3) is 3.62. The second-order valence-electron chi connectivity index (χ2n) is 6.12. The van der Waals surface area contributed by atoms with E-state index in [0.717, 1.165) is 16.8 Å². The van der Waals surface area contributed by atoms with E-state index in [1.165, 1.54) is 6.20 Å². The highest BCUT2D eigenvalue weighted by Gasteiger charge is 2.13. The van der Waals surface area contributed by atoms with Gasteiger partial charge in [0.25, 0.3) is 5.91 Å². The van der Waals surface area contributed by atoms with Crippen molar-refractivity contribution in [3.8, 4) is 0 Å². The molecule has 27 heavy (non-hydrogen) atoms. The summed E-state index contributed by atoms with van der Waals surface area (Å²) in [6.07, 6.45) is 1.48. The number of hydrogen-bond acceptors (Lipinski definition) is 6. The molecule has 134 valence electrons. The van der Waals surface area contributed by atoms with E-state index >= 15 is 0 Å². The molecule has 0 fully saturated rings. The van der Waals surface area contributed by atoms with Crippen molar-refractivity contribution in [1.29, 1.82) is 0 Å². The van der Waals surface area contributed by atoms with E-state index in [1.807, 2.05) is 55.5 Å². The van der Waals surface area contributed by atoms with Gasteiger partial charge in [0.15, 0.2) is 5.58 Å². The number of nitrogens with zero attached hydrogens (tertiary/aromatic N) is 3. The van der Waals surface area contributed by atoms with E-state index in [1.54, 1.807) is 6.92 Å². The number of benzene rings is 2. The van der Waals surface area contributed by atoms with Gasteiger partial charge in [0.1, 0.15) is 5.52 Å². The zero-order chi connectivity index (χ0) is 18.8. The Morgan fingerprint density at radius 1 is 1.00 bits per heavy atom. The lowest BCUT2D eigenvalue weighted by Crippen LogP contribution is -2.15. The van der Waals surface area contributed by atoms with Crippen molar-refractivity contribution >= 4 is 34.7 Å². The molecule has 2 N–H and O–H groups in total. The molecule has 7 heteroatoms. The molecule has 4 rings (SSSR count). The van der Waals surface area contributed by atoms with E-state index in [2.05, 4.69) is 25.6 Å². The van der Waals surface area contributed by atoms with Crippen molar-refractivity contribution < 1.29 is 9.21 Å². The van der Waals surface area contributed by atoms with Crippen LogP contribution in [0.2, 0.25) is 0 Å². The number of aryl methyl sites for hydroxylation is 2. The number of anilines is 3. The van der Waals surface area contributed by atoms with Crippen LogP contribution in [0.25, 0.3) is 11.1 Å². The highest BCUT2D eigenvalue weighted by molar-refractivity contribution is 6.04. The van der Waals surface area contributed by atoms with Gasteiger partial charge >= 0.3 is 6.01 Å². The summed E-state index contributed by atoms with van der Waals surface area (Å²) in [6, 6.07) is 15.3. The summed E-state index contributed by atoms with van der Waals surface area (Å²) in [5.41, 5.74) is 4.21. The van der Waals surface area contributed by atoms with Crippen LogP contribution in [0.4, 0.5) is 17.7 Å². The highest BCUT2D eigenvalue weighted by Crippen LogP contribution is 2.21. The zero-order valence-electron chi connectivity index (χ0n) is 14.9. The summed E-state index contributed by atoms with van der Waals surface area (Å²) in [5.74, 6) is 0.0516. The molecule has 1 amide bonds. The van der Waals surface area contributed by atoms with Gasteiger partial charge in [-0.15, -0.1) is 0 Å². The van der Waals surface area contributed by atoms with Crippen LogP contribution in [0, 0.1) is 13.8 Å². The molecule has 0 saturated heterocycles. The fraction of sp³-hybridized carbons (Fsp3) is 0.100. The molecule has 0 radical (unpaired) electrons. The molecule has 2 aromatic carbocycles. The maximum atomic E-state index is 12.5. The number of carbonyl (C=O) groups excluding carboxylic acids is 1. The number of aromatic nitrogens is 3. The molecule has 0 aliphatic rings. The molecule has 0 aliphatic carbocycles. The lowest BCUT2D eigenvalue weighted by molar-refractivity contribution is 0.102. The van der Waals surface area contributed by atoms with E-state index in [-0.39, 0.29) is 5.91 Å². The molecule has 4 aromatic rings. The van der Waals surface area contributed by atoms with E-state index < -0.39 is 0 Å². The average Bonchev–Trinajstić information content (AvgIpc) is 3.06. The molecule has 0 unspecified atom stereocenters. The SMILES string of the molecule is Cc1ccc(NC(=O)c2cnc(Nc3nc4ccccc4o3)nc2C)cc1. The zero-order valence-corrected chi connectivity index (χ0v) is 14.9. The lowest BCUT2D eigenvalue weighted by atomic mass is 10.2. The number of nitrogens with one attached hydrogen (secondary N) is 2. The summed E-state index contributed by atoms with van der Waals surface area (Å²) >= 11 is 0. The number of oxazole rings is 1. The Labute approximate surface area is 155 Å². The first kappa shape index (κ1) is 16.7. The standard InChI is InChI=1S/C20H17N5O2/c1-12-7-9-14(10-8-12)23-18(26)15-11-21-19(22-13(15)2)25-20-24-16-5-3-4-6-17(16)27-20/h3-11H,1-2H3,(H,23,26)(H,21,22,24,25). The maximum Gasteiger partial charge on any atom is 0.302 e. The van der Waals surface area contributed by atoms with E-state index in [4.69, 9.17) is 4.42 Å². The van der Waals surface area contributed by atoms with Gasteiger partial charge in [-0.1, -0.05) is 29.8 Å². The minimum Gasteiger partial charge on any atom is -0.423 e. The first-order valence-electron chi connectivity index (χ1n) is 8.43. The number of hydrogen-bond donors (Lipinski definition) is 2. The van der Waals surface area contributed by atoms with Crippen LogP contribution in [0.15, 0.2) is 59.1 Å². The van der Waals surface area contributed by atoms with Gasteiger partial charge in [-0.2, -0.15) is 4.98 Å². The van der Waals surface area contributed by atoms with Gasteiger partial charge in [-0.05, 0) is 38.1 Å². The first-order valence-corrected chi connectivity index (χ1v) is 8.43. The third-order valence-corrected chi connectivity index (χ3v) is 4.05. The summed E-state index contributed by atoms with van der Waals surface area (Å²) in [5, 5.41) is 5.77. The van der Waals surface area contributed by atoms with Crippen molar-refractivity contribution in [2.45, 2.75) is 13.8 Å². The number of fused-ring (bicyclic) bond motifs is 1. The Kier molecular flexibility index (Phi) is 4.25. The Morgan fingerprint density at radius 3 is 2.52 bits per heavy atom. The van der Waals surface area contributed by atoms with Gasteiger partial charge in [0.05, 0.1) is 11.3 Å². The minimum atomic E-state index is -0.259. The molecule has 2 aromatic heterocycles. The Balaban J connectivity index is 1.51. The Bertz CT molecular complexity index is 1090. The quantitative estimate of drug-likeness (QED) is 0.566. The number of para-hydroxylation sites is 2. The molecule has 0 aliphatic heterocycles. The topological polar surface area (TPSA) is 92.9 Å². The molecule has 0 atom stereocenters. The van der Waals surface area contributed by atoms with Crippen LogP contribution < -0.4 is 10.6 Å². The predicted octanol–water partition coefficient (Wildman–Crippen LogP) is 4.23. The Morgan fingerprint density at radius 2 is 1.78 bits per heavy atom. The average molecular weight is 359 g/mol. The van der Waals surface area contributed by atoms with E-state index in [0.29, 0.717) is 28.8 Å². The van der Waals surface area contributed by atoms with Crippen LogP contribution in [0.1, 0.15) is 21.6 Å². The van der Waals surface area contributed by atoms with Crippen LogP contribution in [0.3, 0.4) is 0 Å². The van der Waals surface area contributed by atoms with Crippen LogP contribution in [-0.2, 0) is 0 Å². The van der Waals surface area contributed by atoms with Crippen LogP contribution in [0.5, 0.6) is 0 Å². The highest BCUT2D eigenvalue weighted by atomic mass is 16.4. The third-order valence-electron chi connectivity index (χ3n) is 4.05. The largest absolute Gasteiger partial charge is 0.423 e. The minimum absolute atomic E-state index is 0.259. The van der Waals surface area contributed by atoms with Crippen molar-refractivity contribution in [1.82, 2.24) is 15.0 Å².